The number of likely N-dealkylation sites (N-methyl/N-ethyl adjacent to an activating group) is 1. The van der Waals surface area contributed by atoms with Crippen LogP contribution in [0, 0.1) is 0 Å². The van der Waals surface area contributed by atoms with E-state index >= 15 is 0 Å². The van der Waals surface area contributed by atoms with E-state index < -0.39 is 0 Å². The van der Waals surface area contributed by atoms with Crippen LogP contribution in [0.3, 0.4) is 0 Å². The molecule has 0 aliphatic rings. The van der Waals surface area contributed by atoms with Crippen LogP contribution < -0.4 is 10.5 Å². The maximum atomic E-state index is 9.15. The molecule has 0 aromatic heterocycles. The summed E-state index contributed by atoms with van der Waals surface area (Å²) in [4.78, 5) is 1.99. The quantitative estimate of drug-likeness (QED) is 0.304. The zero-order chi connectivity index (χ0) is 14.4. The number of nitrogens with zero attached hydrogens (tertiary/aromatic N) is 2. The van der Waals surface area contributed by atoms with Gasteiger partial charge in [-0.2, -0.15) is 0 Å². The number of methoxy groups -OCH3 is 1. The van der Waals surface area contributed by atoms with Crippen LogP contribution >= 0.6 is 0 Å². The van der Waals surface area contributed by atoms with Gasteiger partial charge in [0.2, 0.25) is 0 Å². The molecular weight excluding hydrogens is 246 g/mol. The molecule has 0 heterocycles. The molecular formula is C13H21N3O3. The Morgan fingerprint density at radius 2 is 2.21 bits per heavy atom. The summed E-state index contributed by atoms with van der Waals surface area (Å²) in [5.41, 5.74) is 7.12. The first-order valence-electron chi connectivity index (χ1n) is 5.99. The van der Waals surface area contributed by atoms with Crippen LogP contribution in [0.5, 0.6) is 5.75 Å². The molecule has 19 heavy (non-hydrogen) atoms. The number of benzene rings is 1. The highest BCUT2D eigenvalue weighted by Crippen LogP contribution is 2.22. The van der Waals surface area contributed by atoms with Crippen molar-refractivity contribution in [1.29, 1.82) is 0 Å². The molecule has 6 nitrogen and oxygen atoms in total. The molecule has 1 aromatic rings. The SMILES string of the molecule is COc1ccc(/C(N)=N/O)cc1CN(C)C(C)CO. The van der Waals surface area contributed by atoms with E-state index in [-0.39, 0.29) is 18.5 Å². The lowest BCUT2D eigenvalue weighted by Crippen LogP contribution is -2.31. The second-order valence-electron chi connectivity index (χ2n) is 4.46. The molecule has 1 atom stereocenters. The Morgan fingerprint density at radius 1 is 1.53 bits per heavy atom. The first-order valence-corrected chi connectivity index (χ1v) is 5.99. The van der Waals surface area contributed by atoms with Crippen molar-refractivity contribution in [2.45, 2.75) is 19.5 Å². The zero-order valence-corrected chi connectivity index (χ0v) is 11.5. The van der Waals surface area contributed by atoms with Crippen molar-refractivity contribution < 1.29 is 15.1 Å². The van der Waals surface area contributed by atoms with Gasteiger partial charge in [-0.3, -0.25) is 4.90 Å². The Kier molecular flexibility index (Phi) is 5.59. The number of oxime groups is 1. The molecule has 0 saturated heterocycles. The maximum Gasteiger partial charge on any atom is 0.170 e. The first-order chi connectivity index (χ1) is 9.03. The van der Waals surface area contributed by atoms with Gasteiger partial charge in [-0.1, -0.05) is 5.16 Å². The summed E-state index contributed by atoms with van der Waals surface area (Å²) in [6.45, 7) is 2.61. The fourth-order valence-corrected chi connectivity index (χ4v) is 1.68. The Labute approximate surface area is 113 Å². The van der Waals surface area contributed by atoms with Gasteiger partial charge in [0.1, 0.15) is 5.75 Å². The Morgan fingerprint density at radius 3 is 2.74 bits per heavy atom. The lowest BCUT2D eigenvalue weighted by Gasteiger charge is -2.24. The number of nitrogens with two attached hydrogens (primary N) is 1. The first kappa shape index (κ1) is 15.3. The third kappa shape index (κ3) is 3.84. The maximum absolute atomic E-state index is 9.15. The van der Waals surface area contributed by atoms with Crippen molar-refractivity contribution in [3.8, 4) is 5.75 Å². The number of aliphatic hydroxyl groups is 1. The van der Waals surface area contributed by atoms with E-state index in [0.717, 1.165) is 11.3 Å². The van der Waals surface area contributed by atoms with Gasteiger partial charge in [0.25, 0.3) is 0 Å². The van der Waals surface area contributed by atoms with Gasteiger partial charge in [-0.15, -0.1) is 0 Å². The van der Waals surface area contributed by atoms with Gasteiger partial charge in [0, 0.05) is 23.7 Å². The van der Waals surface area contributed by atoms with Gasteiger partial charge in [-0.25, -0.2) is 0 Å². The Balaban J connectivity index is 3.02. The minimum atomic E-state index is 0.0391. The smallest absolute Gasteiger partial charge is 0.170 e. The molecule has 0 aliphatic carbocycles. The van der Waals surface area contributed by atoms with Crippen LogP contribution in [0.15, 0.2) is 23.4 Å². The lowest BCUT2D eigenvalue weighted by molar-refractivity contribution is 0.153. The normalized spacial score (nSPS) is 13.6. The number of hydrogen-bond donors (Lipinski definition) is 3. The molecule has 106 valence electrons. The summed E-state index contributed by atoms with van der Waals surface area (Å²) < 4.78 is 5.30. The summed E-state index contributed by atoms with van der Waals surface area (Å²) in [5, 5.41) is 20.8. The third-order valence-electron chi connectivity index (χ3n) is 3.12. The van der Waals surface area contributed by atoms with Gasteiger partial charge < -0.3 is 20.8 Å². The van der Waals surface area contributed by atoms with E-state index in [1.165, 1.54) is 0 Å². The van der Waals surface area contributed by atoms with Gasteiger partial charge in [0.05, 0.1) is 13.7 Å². The molecule has 1 aromatic carbocycles. The van der Waals surface area contributed by atoms with Gasteiger partial charge in [-0.05, 0) is 32.2 Å². The second-order valence-corrected chi connectivity index (χ2v) is 4.46. The van der Waals surface area contributed by atoms with Crippen molar-refractivity contribution in [2.75, 3.05) is 20.8 Å². The standard InChI is InChI=1S/C13H21N3O3/c1-9(8-17)16(2)7-11-6-10(13(14)15-18)4-5-12(11)19-3/h4-6,9,17-18H,7-8H2,1-3H3,(H2,14,15). The second kappa shape index (κ2) is 6.96. The van der Waals surface area contributed by atoms with E-state index in [1.807, 2.05) is 24.9 Å². The minimum absolute atomic E-state index is 0.0391. The average Bonchev–Trinajstić information content (AvgIpc) is 2.45. The molecule has 0 bridgehead atoms. The van der Waals surface area contributed by atoms with Crippen molar-refractivity contribution in [2.24, 2.45) is 10.9 Å². The fraction of sp³-hybridized carbons (Fsp3) is 0.462. The number of aliphatic hydroxyl groups excluding tert-OH is 1. The molecule has 6 heteroatoms. The lowest BCUT2D eigenvalue weighted by atomic mass is 10.1. The fourth-order valence-electron chi connectivity index (χ4n) is 1.68. The van der Waals surface area contributed by atoms with E-state index in [4.69, 9.17) is 20.8 Å². The zero-order valence-electron chi connectivity index (χ0n) is 11.5. The highest BCUT2D eigenvalue weighted by Gasteiger charge is 2.13. The molecule has 0 radical (unpaired) electrons. The molecule has 4 N–H and O–H groups in total. The highest BCUT2D eigenvalue weighted by atomic mass is 16.5. The number of rotatable bonds is 6. The Hall–Kier alpha value is -1.79. The van der Waals surface area contributed by atoms with Crippen LogP contribution in [-0.2, 0) is 6.54 Å². The van der Waals surface area contributed by atoms with Crippen molar-refractivity contribution in [1.82, 2.24) is 4.90 Å². The monoisotopic (exact) mass is 267 g/mol. The van der Waals surface area contributed by atoms with Gasteiger partial charge >= 0.3 is 0 Å². The van der Waals surface area contributed by atoms with E-state index in [9.17, 15) is 0 Å². The van der Waals surface area contributed by atoms with Crippen LogP contribution in [0.2, 0.25) is 0 Å². The molecule has 0 fully saturated rings. The van der Waals surface area contributed by atoms with Crippen LogP contribution in [0.25, 0.3) is 0 Å². The summed E-state index contributed by atoms with van der Waals surface area (Å²) in [5.74, 6) is 0.785. The minimum Gasteiger partial charge on any atom is -0.496 e. The van der Waals surface area contributed by atoms with Crippen LogP contribution in [-0.4, -0.2) is 47.9 Å². The van der Waals surface area contributed by atoms with Crippen molar-refractivity contribution >= 4 is 5.84 Å². The van der Waals surface area contributed by atoms with E-state index in [1.54, 1.807) is 19.2 Å². The summed E-state index contributed by atoms with van der Waals surface area (Å²) >= 11 is 0. The predicted octanol–water partition coefficient (Wildman–Crippen LogP) is 0.602. The number of ether oxygens (including phenoxy) is 1. The Bertz CT molecular complexity index is 449. The van der Waals surface area contributed by atoms with E-state index in [2.05, 4.69) is 5.16 Å². The summed E-state index contributed by atoms with van der Waals surface area (Å²) in [7, 11) is 3.51. The molecule has 0 saturated carbocycles. The number of amidine groups is 1. The highest BCUT2D eigenvalue weighted by molar-refractivity contribution is 5.97. The largest absolute Gasteiger partial charge is 0.496 e. The average molecular weight is 267 g/mol. The summed E-state index contributed by atoms with van der Waals surface area (Å²) in [6.07, 6.45) is 0. The molecule has 1 unspecified atom stereocenters. The van der Waals surface area contributed by atoms with Crippen LogP contribution in [0.1, 0.15) is 18.1 Å². The molecule has 1 rings (SSSR count). The molecule has 0 aliphatic heterocycles. The summed E-state index contributed by atoms with van der Waals surface area (Å²) in [6, 6.07) is 5.36. The predicted molar refractivity (Wildman–Crippen MR) is 73.5 cm³/mol. The third-order valence-corrected chi connectivity index (χ3v) is 3.12. The molecule has 0 amide bonds. The van der Waals surface area contributed by atoms with Crippen molar-refractivity contribution in [3.05, 3.63) is 29.3 Å². The van der Waals surface area contributed by atoms with Crippen molar-refractivity contribution in [3.63, 3.8) is 0 Å². The van der Waals surface area contributed by atoms with Gasteiger partial charge in [0.15, 0.2) is 5.84 Å². The van der Waals surface area contributed by atoms with E-state index in [0.29, 0.717) is 12.1 Å². The van der Waals surface area contributed by atoms with Crippen LogP contribution in [0.4, 0.5) is 0 Å². The topological polar surface area (TPSA) is 91.3 Å². The molecule has 0 spiro atoms. The number of hydrogen-bond acceptors (Lipinski definition) is 5.